The van der Waals surface area contributed by atoms with Gasteiger partial charge in [-0.25, -0.2) is 0 Å². The normalized spacial score (nSPS) is 27.7. The van der Waals surface area contributed by atoms with Crippen LogP contribution >= 0.6 is 0 Å². The summed E-state index contributed by atoms with van der Waals surface area (Å²) in [7, 11) is 2.20. The summed E-state index contributed by atoms with van der Waals surface area (Å²) in [5, 5.41) is 3.34. The molecule has 0 atom stereocenters. The second kappa shape index (κ2) is 7.95. The first-order valence-electron chi connectivity index (χ1n) is 9.49. The largest absolute Gasteiger partial charge is 0.379 e. The molecule has 1 amide bonds. The molecule has 1 aliphatic carbocycles. The summed E-state index contributed by atoms with van der Waals surface area (Å²) in [4.78, 5) is 17.6. The number of nitrogens with one attached hydrogen (secondary N) is 1. The molecule has 1 N–H and O–H groups in total. The molecule has 0 aromatic rings. The van der Waals surface area contributed by atoms with Crippen LogP contribution in [0.2, 0.25) is 0 Å². The van der Waals surface area contributed by atoms with Crippen LogP contribution in [0.4, 0.5) is 0 Å². The minimum atomic E-state index is 0.140. The van der Waals surface area contributed by atoms with Crippen molar-refractivity contribution in [2.75, 3.05) is 53.0 Å². The summed E-state index contributed by atoms with van der Waals surface area (Å²) in [6.45, 7) is 6.72. The minimum absolute atomic E-state index is 0.140. The number of nitrogens with zero attached hydrogens (tertiary/aromatic N) is 2. The Labute approximate surface area is 140 Å². The molecule has 5 nitrogen and oxygen atoms in total. The molecule has 3 fully saturated rings. The van der Waals surface area contributed by atoms with Gasteiger partial charge in [-0.15, -0.1) is 0 Å². The lowest BCUT2D eigenvalue weighted by Gasteiger charge is -2.49. The number of piperidine rings is 1. The highest BCUT2D eigenvalue weighted by Crippen LogP contribution is 2.30. The Morgan fingerprint density at radius 2 is 1.74 bits per heavy atom. The highest BCUT2D eigenvalue weighted by atomic mass is 16.5. The van der Waals surface area contributed by atoms with Crippen LogP contribution in [0.1, 0.15) is 44.9 Å². The van der Waals surface area contributed by atoms with Gasteiger partial charge in [0.25, 0.3) is 0 Å². The van der Waals surface area contributed by atoms with Crippen LogP contribution < -0.4 is 5.32 Å². The Hall–Kier alpha value is -0.650. The average molecular weight is 323 g/mol. The highest BCUT2D eigenvalue weighted by molar-refractivity contribution is 5.78. The number of likely N-dealkylation sites (tertiary alicyclic amines) is 1. The van der Waals surface area contributed by atoms with E-state index in [1.54, 1.807) is 0 Å². The zero-order chi connectivity index (χ0) is 16.1. The van der Waals surface area contributed by atoms with Gasteiger partial charge in [0.2, 0.25) is 5.91 Å². The first kappa shape index (κ1) is 17.2. The third kappa shape index (κ3) is 4.25. The van der Waals surface area contributed by atoms with E-state index in [0.29, 0.717) is 5.91 Å². The van der Waals surface area contributed by atoms with E-state index in [4.69, 9.17) is 4.74 Å². The molecule has 0 spiro atoms. The number of amides is 1. The second-order valence-electron chi connectivity index (χ2n) is 7.68. The van der Waals surface area contributed by atoms with Gasteiger partial charge >= 0.3 is 0 Å². The van der Waals surface area contributed by atoms with Gasteiger partial charge in [-0.1, -0.05) is 19.3 Å². The fourth-order valence-corrected chi connectivity index (χ4v) is 4.44. The molecule has 0 unspecified atom stereocenters. The third-order valence-corrected chi connectivity index (χ3v) is 6.17. The van der Waals surface area contributed by atoms with Crippen LogP contribution in [0.25, 0.3) is 0 Å². The van der Waals surface area contributed by atoms with Crippen molar-refractivity contribution in [3.05, 3.63) is 0 Å². The van der Waals surface area contributed by atoms with Gasteiger partial charge in [0.1, 0.15) is 0 Å². The van der Waals surface area contributed by atoms with Crippen LogP contribution in [0, 0.1) is 5.92 Å². The maximum atomic E-state index is 12.6. The van der Waals surface area contributed by atoms with E-state index in [0.717, 1.165) is 71.6 Å². The Kier molecular flexibility index (Phi) is 5.94. The van der Waals surface area contributed by atoms with Gasteiger partial charge in [-0.05, 0) is 45.8 Å². The van der Waals surface area contributed by atoms with Crippen molar-refractivity contribution in [1.29, 1.82) is 0 Å². The van der Waals surface area contributed by atoms with Crippen LogP contribution in [-0.4, -0.2) is 74.2 Å². The van der Waals surface area contributed by atoms with Crippen molar-refractivity contribution in [2.45, 2.75) is 50.5 Å². The molecular weight excluding hydrogens is 290 g/mol. The van der Waals surface area contributed by atoms with Crippen molar-refractivity contribution in [3.8, 4) is 0 Å². The Balaban J connectivity index is 1.60. The summed E-state index contributed by atoms with van der Waals surface area (Å²) in [5.41, 5.74) is 0.140. The predicted molar refractivity (Wildman–Crippen MR) is 91.4 cm³/mol. The number of hydrogen-bond donors (Lipinski definition) is 1. The van der Waals surface area contributed by atoms with Crippen LogP contribution in [0.15, 0.2) is 0 Å². The summed E-state index contributed by atoms with van der Waals surface area (Å²) in [5.74, 6) is 0.563. The van der Waals surface area contributed by atoms with Crippen molar-refractivity contribution in [2.24, 2.45) is 5.92 Å². The fourth-order valence-electron chi connectivity index (χ4n) is 4.44. The van der Waals surface area contributed by atoms with Crippen LogP contribution in [-0.2, 0) is 9.53 Å². The van der Waals surface area contributed by atoms with Gasteiger partial charge in [0.05, 0.1) is 13.2 Å². The van der Waals surface area contributed by atoms with E-state index in [-0.39, 0.29) is 11.5 Å². The maximum absolute atomic E-state index is 12.6. The highest BCUT2D eigenvalue weighted by Gasteiger charge is 2.40. The summed E-state index contributed by atoms with van der Waals surface area (Å²) >= 11 is 0. The van der Waals surface area contributed by atoms with Gasteiger partial charge in [-0.2, -0.15) is 0 Å². The molecule has 2 aliphatic heterocycles. The molecule has 0 aromatic carbocycles. The molecule has 5 heteroatoms. The lowest BCUT2D eigenvalue weighted by atomic mass is 9.84. The summed E-state index contributed by atoms with van der Waals surface area (Å²) < 4.78 is 5.54. The summed E-state index contributed by atoms with van der Waals surface area (Å²) in [6, 6.07) is 0. The van der Waals surface area contributed by atoms with Crippen LogP contribution in [0.3, 0.4) is 0 Å². The number of rotatable bonds is 4. The molecular formula is C18H33N3O2. The monoisotopic (exact) mass is 323 g/mol. The molecule has 3 rings (SSSR count). The van der Waals surface area contributed by atoms with E-state index in [2.05, 4.69) is 22.2 Å². The van der Waals surface area contributed by atoms with Gasteiger partial charge in [0, 0.05) is 31.1 Å². The lowest BCUT2D eigenvalue weighted by Crippen LogP contribution is -2.62. The smallest absolute Gasteiger partial charge is 0.223 e. The molecule has 0 bridgehead atoms. The van der Waals surface area contributed by atoms with E-state index in [1.807, 2.05) is 0 Å². The van der Waals surface area contributed by atoms with Crippen molar-refractivity contribution in [3.63, 3.8) is 0 Å². The zero-order valence-electron chi connectivity index (χ0n) is 14.7. The fraction of sp³-hybridized carbons (Fsp3) is 0.944. The van der Waals surface area contributed by atoms with Crippen molar-refractivity contribution >= 4 is 5.91 Å². The molecule has 23 heavy (non-hydrogen) atoms. The zero-order valence-corrected chi connectivity index (χ0v) is 14.7. The van der Waals surface area contributed by atoms with Gasteiger partial charge in [-0.3, -0.25) is 9.69 Å². The quantitative estimate of drug-likeness (QED) is 0.851. The van der Waals surface area contributed by atoms with Crippen molar-refractivity contribution < 1.29 is 9.53 Å². The third-order valence-electron chi connectivity index (χ3n) is 6.17. The number of ether oxygens (including phenoxy) is 1. The minimum Gasteiger partial charge on any atom is -0.379 e. The van der Waals surface area contributed by atoms with E-state index in [1.165, 1.54) is 19.3 Å². The maximum Gasteiger partial charge on any atom is 0.223 e. The molecule has 132 valence electrons. The lowest BCUT2D eigenvalue weighted by molar-refractivity contribution is -0.127. The van der Waals surface area contributed by atoms with Crippen LogP contribution in [0.5, 0.6) is 0 Å². The van der Waals surface area contributed by atoms with E-state index < -0.39 is 0 Å². The van der Waals surface area contributed by atoms with Gasteiger partial charge in [0.15, 0.2) is 0 Å². The first-order chi connectivity index (χ1) is 11.2. The van der Waals surface area contributed by atoms with E-state index >= 15 is 0 Å². The van der Waals surface area contributed by atoms with Gasteiger partial charge < -0.3 is 15.0 Å². The molecule has 2 saturated heterocycles. The number of carbonyl (C=O) groups excluding carboxylic acids is 1. The number of morpholine rings is 1. The average Bonchev–Trinajstić information content (AvgIpc) is 2.63. The Morgan fingerprint density at radius 1 is 1.09 bits per heavy atom. The SMILES string of the molecule is CN1CCC(CNC(=O)C2CCCCC2)(N2CCOCC2)CC1. The number of hydrogen-bond acceptors (Lipinski definition) is 4. The molecule has 3 aliphatic rings. The molecule has 1 saturated carbocycles. The Morgan fingerprint density at radius 3 is 2.39 bits per heavy atom. The molecule has 0 radical (unpaired) electrons. The van der Waals surface area contributed by atoms with Crippen molar-refractivity contribution in [1.82, 2.24) is 15.1 Å². The predicted octanol–water partition coefficient (Wildman–Crippen LogP) is 1.48. The number of carbonyl (C=O) groups is 1. The summed E-state index contributed by atoms with van der Waals surface area (Å²) in [6.07, 6.45) is 8.20. The topological polar surface area (TPSA) is 44.8 Å². The Bertz CT molecular complexity index is 382. The molecule has 2 heterocycles. The first-order valence-corrected chi connectivity index (χ1v) is 9.49. The second-order valence-corrected chi connectivity index (χ2v) is 7.68. The van der Waals surface area contributed by atoms with E-state index in [9.17, 15) is 4.79 Å². The standard InChI is InChI=1S/C18H33N3O2/c1-20-9-7-18(8-10-20,21-11-13-23-14-12-21)15-19-17(22)16-5-3-2-4-6-16/h16H,2-15H2,1H3,(H,19,22). The molecule has 0 aromatic heterocycles.